The molecule has 0 saturated heterocycles. The van der Waals surface area contributed by atoms with Crippen molar-refractivity contribution in [2.24, 2.45) is 5.73 Å². The quantitative estimate of drug-likeness (QED) is 0.413. The number of benzene rings is 2. The molecule has 0 fully saturated rings. The van der Waals surface area contributed by atoms with Crippen LogP contribution in [0.3, 0.4) is 0 Å². The summed E-state index contributed by atoms with van der Waals surface area (Å²) in [6, 6.07) is 11.6. The van der Waals surface area contributed by atoms with Crippen molar-refractivity contribution in [3.05, 3.63) is 75.6 Å². The van der Waals surface area contributed by atoms with E-state index >= 15 is 0 Å². The lowest BCUT2D eigenvalue weighted by atomic mass is 9.65. The van der Waals surface area contributed by atoms with Gasteiger partial charge in [-0.05, 0) is 104 Å². The Hall–Kier alpha value is -3.59. The van der Waals surface area contributed by atoms with Gasteiger partial charge in [0.2, 0.25) is 0 Å². The lowest BCUT2D eigenvalue weighted by molar-refractivity contribution is 0.0947. The van der Waals surface area contributed by atoms with Gasteiger partial charge in [-0.25, -0.2) is 5.10 Å². The summed E-state index contributed by atoms with van der Waals surface area (Å²) in [5.74, 6) is 0.361. The number of aromatic amines is 1. The van der Waals surface area contributed by atoms with Crippen molar-refractivity contribution >= 4 is 11.8 Å². The van der Waals surface area contributed by atoms with Gasteiger partial charge in [0.15, 0.2) is 5.82 Å². The molecule has 9 nitrogen and oxygen atoms in total. The highest BCUT2D eigenvalue weighted by Crippen LogP contribution is 2.48. The first kappa shape index (κ1) is 24.5. The Morgan fingerprint density at radius 3 is 1.89 bits per heavy atom. The zero-order valence-corrected chi connectivity index (χ0v) is 20.7. The molecule has 2 amide bonds. The topological polar surface area (TPSA) is 139 Å². The Morgan fingerprint density at radius 1 is 0.971 bits per heavy atom. The highest BCUT2D eigenvalue weighted by Gasteiger charge is 2.46. The van der Waals surface area contributed by atoms with Crippen LogP contribution in [0.15, 0.2) is 36.4 Å². The lowest BCUT2D eigenvalue weighted by Gasteiger charge is -2.39. The highest BCUT2D eigenvalue weighted by molar-refractivity contribution is 5.95. The number of carbonyl (C=O) groups is 2. The average Bonchev–Trinajstić information content (AvgIpc) is 3.32. The maximum Gasteiger partial charge on any atom is 0.251 e. The van der Waals surface area contributed by atoms with Crippen LogP contribution >= 0.6 is 0 Å². The maximum atomic E-state index is 12.6. The van der Waals surface area contributed by atoms with E-state index in [0.717, 1.165) is 22.3 Å². The van der Waals surface area contributed by atoms with Crippen molar-refractivity contribution in [1.82, 2.24) is 31.3 Å². The fraction of sp³-hybridized carbons (Fsp3) is 0.423. The summed E-state index contributed by atoms with van der Waals surface area (Å²) >= 11 is 0. The van der Waals surface area contributed by atoms with Gasteiger partial charge in [-0.3, -0.25) is 9.59 Å². The van der Waals surface area contributed by atoms with Crippen molar-refractivity contribution < 1.29 is 9.59 Å². The minimum absolute atomic E-state index is 0.110. The molecule has 0 spiro atoms. The van der Waals surface area contributed by atoms with E-state index in [1.54, 1.807) is 0 Å². The van der Waals surface area contributed by atoms with E-state index in [0.29, 0.717) is 49.3 Å². The second kappa shape index (κ2) is 9.58. The van der Waals surface area contributed by atoms with Gasteiger partial charge in [0, 0.05) is 29.8 Å². The van der Waals surface area contributed by atoms with Crippen LogP contribution in [-0.4, -0.2) is 51.1 Å². The molecule has 184 valence electrons. The first-order chi connectivity index (χ1) is 16.7. The van der Waals surface area contributed by atoms with Gasteiger partial charge in [0.1, 0.15) is 0 Å². The molecule has 4 rings (SSSR count). The standard InChI is InChI=1S/C26H33N7O2/c1-5-28-22(34)18-9-11-20-16(13-18)7-8-17-14-19(23(35)29-6-2)10-12-21(17)26(20,15-25(3,4)27)24-30-32-33-31-24/h9-14H,5-8,15,27H2,1-4H3,(H,28,34)(H,29,35)(H,30,31,32,33). The van der Waals surface area contributed by atoms with Gasteiger partial charge in [-0.1, -0.05) is 12.1 Å². The van der Waals surface area contributed by atoms with E-state index in [4.69, 9.17) is 5.73 Å². The molecule has 1 heterocycles. The molecule has 1 aromatic heterocycles. The second-order valence-electron chi connectivity index (χ2n) is 9.78. The smallest absolute Gasteiger partial charge is 0.251 e. The zero-order valence-electron chi connectivity index (χ0n) is 20.7. The summed E-state index contributed by atoms with van der Waals surface area (Å²) in [6.07, 6.45) is 1.91. The normalized spacial score (nSPS) is 14.4. The van der Waals surface area contributed by atoms with Crippen LogP contribution in [0, 0.1) is 0 Å². The average molecular weight is 476 g/mol. The van der Waals surface area contributed by atoms with E-state index in [1.807, 2.05) is 64.1 Å². The first-order valence-corrected chi connectivity index (χ1v) is 12.1. The number of nitrogens with two attached hydrogens (primary N) is 1. The Bertz CT molecular complexity index is 1160. The van der Waals surface area contributed by atoms with Gasteiger partial charge >= 0.3 is 0 Å². The van der Waals surface area contributed by atoms with E-state index in [2.05, 4.69) is 31.3 Å². The lowest BCUT2D eigenvalue weighted by Crippen LogP contribution is -2.44. The van der Waals surface area contributed by atoms with Gasteiger partial charge in [-0.2, -0.15) is 0 Å². The molecule has 2 aromatic carbocycles. The van der Waals surface area contributed by atoms with Crippen LogP contribution in [0.5, 0.6) is 0 Å². The number of hydrogen-bond acceptors (Lipinski definition) is 6. The number of amides is 2. The molecule has 0 atom stereocenters. The predicted molar refractivity (Wildman–Crippen MR) is 133 cm³/mol. The summed E-state index contributed by atoms with van der Waals surface area (Å²) in [5, 5.41) is 20.9. The van der Waals surface area contributed by atoms with Crippen molar-refractivity contribution in [3.8, 4) is 0 Å². The van der Waals surface area contributed by atoms with Crippen molar-refractivity contribution in [2.45, 2.75) is 57.9 Å². The highest BCUT2D eigenvalue weighted by atomic mass is 16.2. The fourth-order valence-electron chi connectivity index (χ4n) is 5.21. The van der Waals surface area contributed by atoms with E-state index in [9.17, 15) is 9.59 Å². The van der Waals surface area contributed by atoms with E-state index < -0.39 is 11.0 Å². The van der Waals surface area contributed by atoms with Crippen LogP contribution in [0.25, 0.3) is 0 Å². The molecule has 0 unspecified atom stereocenters. The van der Waals surface area contributed by atoms with E-state index in [1.165, 1.54) is 0 Å². The minimum atomic E-state index is -0.789. The molecule has 9 heteroatoms. The number of rotatable bonds is 7. The molecule has 1 aliphatic rings. The van der Waals surface area contributed by atoms with Crippen LogP contribution in [0.4, 0.5) is 0 Å². The SMILES string of the molecule is CCNC(=O)c1ccc2c(c1)CCc1cc(C(=O)NCC)ccc1C2(CC(C)(C)N)c1nnn[nH]1. The van der Waals surface area contributed by atoms with Crippen LogP contribution in [0.2, 0.25) is 0 Å². The Kier molecular flexibility index (Phi) is 6.71. The molecule has 5 N–H and O–H groups in total. The molecule has 35 heavy (non-hydrogen) atoms. The second-order valence-corrected chi connectivity index (χ2v) is 9.78. The van der Waals surface area contributed by atoms with Crippen LogP contribution in [-0.2, 0) is 18.3 Å². The van der Waals surface area contributed by atoms with Crippen molar-refractivity contribution in [2.75, 3.05) is 13.1 Å². The van der Waals surface area contributed by atoms with Gasteiger partial charge < -0.3 is 16.4 Å². The minimum Gasteiger partial charge on any atom is -0.352 e. The molecule has 0 radical (unpaired) electrons. The molecule has 1 aliphatic carbocycles. The number of nitrogens with zero attached hydrogens (tertiary/aromatic N) is 3. The summed E-state index contributed by atoms with van der Waals surface area (Å²) in [6.45, 7) is 8.87. The van der Waals surface area contributed by atoms with Gasteiger partial charge in [-0.15, -0.1) is 5.10 Å². The maximum absolute atomic E-state index is 12.6. The molecular formula is C26H33N7O2. The molecule has 0 aliphatic heterocycles. The number of hydrogen-bond donors (Lipinski definition) is 4. The number of aromatic nitrogens is 4. The number of aryl methyl sites for hydroxylation is 2. The fourth-order valence-corrected chi connectivity index (χ4v) is 5.21. The summed E-state index contributed by atoms with van der Waals surface area (Å²) in [5.41, 5.74) is 10.6. The third-order valence-electron chi connectivity index (χ3n) is 6.46. The molecule has 0 bridgehead atoms. The Labute approximate surface area is 205 Å². The number of H-pyrrole nitrogens is 1. The Balaban J connectivity index is 1.99. The Morgan fingerprint density at radius 2 is 1.49 bits per heavy atom. The molecule has 3 aromatic rings. The number of nitrogens with one attached hydrogen (secondary N) is 3. The van der Waals surface area contributed by atoms with Crippen molar-refractivity contribution in [1.29, 1.82) is 0 Å². The number of fused-ring (bicyclic) bond motifs is 2. The molecular weight excluding hydrogens is 442 g/mol. The summed E-state index contributed by atoms with van der Waals surface area (Å²) in [4.78, 5) is 25.2. The monoisotopic (exact) mass is 475 g/mol. The number of carbonyl (C=O) groups excluding carboxylic acids is 2. The van der Waals surface area contributed by atoms with Gasteiger partial charge in [0.05, 0.1) is 5.41 Å². The number of tetrazole rings is 1. The van der Waals surface area contributed by atoms with Crippen molar-refractivity contribution in [3.63, 3.8) is 0 Å². The van der Waals surface area contributed by atoms with Crippen LogP contribution in [0.1, 0.15) is 82.9 Å². The third kappa shape index (κ3) is 4.68. The van der Waals surface area contributed by atoms with Gasteiger partial charge in [0.25, 0.3) is 11.8 Å². The third-order valence-corrected chi connectivity index (χ3v) is 6.46. The van der Waals surface area contributed by atoms with Crippen LogP contribution < -0.4 is 16.4 Å². The predicted octanol–water partition coefficient (Wildman–Crippen LogP) is 2.26. The van der Waals surface area contributed by atoms with E-state index in [-0.39, 0.29) is 11.8 Å². The first-order valence-electron chi connectivity index (χ1n) is 12.1. The largest absolute Gasteiger partial charge is 0.352 e. The molecule has 0 saturated carbocycles. The summed E-state index contributed by atoms with van der Waals surface area (Å²) in [7, 11) is 0. The summed E-state index contributed by atoms with van der Waals surface area (Å²) < 4.78 is 0. The zero-order chi connectivity index (χ0) is 25.2.